The van der Waals surface area contributed by atoms with Crippen LogP contribution in [0.15, 0.2) is 30.6 Å². The van der Waals surface area contributed by atoms with Gasteiger partial charge in [0.2, 0.25) is 0 Å². The summed E-state index contributed by atoms with van der Waals surface area (Å²) in [7, 11) is 1.59. The van der Waals surface area contributed by atoms with E-state index in [1.54, 1.807) is 7.05 Å². The maximum atomic E-state index is 14.1. The van der Waals surface area contributed by atoms with Crippen molar-refractivity contribution in [2.45, 2.75) is 46.3 Å². The number of benzene rings is 1. The molecular formula is C22H27F3N6OS. The fourth-order valence-corrected chi connectivity index (χ4v) is 3.17. The standard InChI is InChI=1S/C20H21F3N6OS.C2H6/c1-10(20(2,3)22)27-19(30)13-9-29(31-23)18-17(13)28-15(8-26-18)16(24)12-6-5-11(21)7-14(12)25-4;1-2/h5-10,24-25H,1-4H3,(H,27,30);1-2H3/t10-;/m1./s1. The van der Waals surface area contributed by atoms with Crippen molar-refractivity contribution < 1.29 is 17.5 Å². The van der Waals surface area contributed by atoms with E-state index in [1.807, 2.05) is 13.8 Å². The van der Waals surface area contributed by atoms with Gasteiger partial charge < -0.3 is 10.6 Å². The Hall–Kier alpha value is -3.08. The third kappa shape index (κ3) is 5.65. The summed E-state index contributed by atoms with van der Waals surface area (Å²) in [6.07, 6.45) is 2.49. The van der Waals surface area contributed by atoms with Gasteiger partial charge in [0.25, 0.3) is 5.91 Å². The molecule has 3 aromatic rings. The van der Waals surface area contributed by atoms with E-state index in [2.05, 4.69) is 20.6 Å². The molecule has 0 aliphatic carbocycles. The Morgan fingerprint density at radius 1 is 1.27 bits per heavy atom. The van der Waals surface area contributed by atoms with Crippen LogP contribution < -0.4 is 10.6 Å². The van der Waals surface area contributed by atoms with Gasteiger partial charge in [-0.15, -0.1) is 3.89 Å². The van der Waals surface area contributed by atoms with Gasteiger partial charge in [-0.1, -0.05) is 13.8 Å². The molecule has 0 spiro atoms. The summed E-state index contributed by atoms with van der Waals surface area (Å²) in [6, 6.07) is 3.07. The van der Waals surface area contributed by atoms with Crippen LogP contribution in [0.3, 0.4) is 0 Å². The SMILES string of the molecule is CC.CNc1cc(F)ccc1C(=N)c1cnc2c(n1)c(C(=O)N[C@H](C)C(C)(C)F)cn2SF. The molecular weight excluding hydrogens is 453 g/mol. The molecule has 0 saturated carbocycles. The average molecular weight is 481 g/mol. The highest BCUT2D eigenvalue weighted by Gasteiger charge is 2.28. The maximum absolute atomic E-state index is 14.1. The monoisotopic (exact) mass is 480 g/mol. The molecule has 0 aliphatic heterocycles. The average Bonchev–Trinajstić information content (AvgIpc) is 3.17. The van der Waals surface area contributed by atoms with Crippen LogP contribution in [0.5, 0.6) is 0 Å². The molecule has 3 N–H and O–H groups in total. The minimum Gasteiger partial charge on any atom is -0.387 e. The number of carbonyl (C=O) groups is 1. The molecule has 178 valence electrons. The minimum atomic E-state index is -1.67. The number of carbonyl (C=O) groups excluding carboxylic acids is 1. The molecule has 0 saturated heterocycles. The molecule has 0 fully saturated rings. The molecule has 0 radical (unpaired) electrons. The number of amides is 1. The lowest BCUT2D eigenvalue weighted by molar-refractivity contribution is 0.0865. The second-order valence-electron chi connectivity index (χ2n) is 7.44. The third-order valence-electron chi connectivity index (χ3n) is 4.94. The lowest BCUT2D eigenvalue weighted by atomic mass is 10.0. The summed E-state index contributed by atoms with van der Waals surface area (Å²) in [5.74, 6) is -1.12. The number of halogens is 3. The predicted octanol–water partition coefficient (Wildman–Crippen LogP) is 5.30. The Kier molecular flexibility index (Phi) is 8.48. The first-order valence-corrected chi connectivity index (χ1v) is 11.0. The van der Waals surface area contributed by atoms with E-state index in [1.165, 1.54) is 51.4 Å². The van der Waals surface area contributed by atoms with Crippen LogP contribution in [0.4, 0.5) is 18.4 Å². The van der Waals surface area contributed by atoms with E-state index in [4.69, 9.17) is 5.41 Å². The number of hydrogen-bond acceptors (Lipinski definition) is 6. The molecule has 7 nitrogen and oxygen atoms in total. The fraction of sp³-hybridized carbons (Fsp3) is 0.364. The molecule has 11 heteroatoms. The number of nitrogens with one attached hydrogen (secondary N) is 3. The zero-order valence-electron chi connectivity index (χ0n) is 19.3. The van der Waals surface area contributed by atoms with E-state index in [-0.39, 0.29) is 40.5 Å². The van der Waals surface area contributed by atoms with Gasteiger partial charge in [-0.3, -0.25) is 10.2 Å². The highest BCUT2D eigenvalue weighted by molar-refractivity contribution is 7.92. The first kappa shape index (κ1) is 26.2. The quantitative estimate of drug-likeness (QED) is 0.399. The molecule has 3 rings (SSSR count). The van der Waals surface area contributed by atoms with Crippen molar-refractivity contribution in [1.82, 2.24) is 19.3 Å². The first-order chi connectivity index (χ1) is 15.6. The van der Waals surface area contributed by atoms with Crippen molar-refractivity contribution in [3.63, 3.8) is 0 Å². The zero-order valence-corrected chi connectivity index (χ0v) is 20.1. The first-order valence-electron chi connectivity index (χ1n) is 10.3. The normalized spacial score (nSPS) is 12.0. The predicted molar refractivity (Wildman–Crippen MR) is 127 cm³/mol. The number of anilines is 1. The molecule has 1 amide bonds. The van der Waals surface area contributed by atoms with E-state index >= 15 is 0 Å². The van der Waals surface area contributed by atoms with Crippen molar-refractivity contribution in [2.75, 3.05) is 12.4 Å². The maximum Gasteiger partial charge on any atom is 0.255 e. The summed E-state index contributed by atoms with van der Waals surface area (Å²) in [5.41, 5.74) is -0.762. The molecule has 1 atom stereocenters. The van der Waals surface area contributed by atoms with Crippen molar-refractivity contribution in [2.24, 2.45) is 0 Å². The van der Waals surface area contributed by atoms with Crippen LogP contribution in [0, 0.1) is 11.2 Å². The van der Waals surface area contributed by atoms with E-state index in [0.29, 0.717) is 11.3 Å². The molecule has 1 aromatic carbocycles. The number of aromatic nitrogens is 3. The van der Waals surface area contributed by atoms with Crippen LogP contribution in [-0.4, -0.2) is 44.3 Å². The number of alkyl halides is 1. The molecule has 2 aromatic heterocycles. The second kappa shape index (κ2) is 10.7. The van der Waals surface area contributed by atoms with Crippen LogP contribution in [0.25, 0.3) is 11.2 Å². The van der Waals surface area contributed by atoms with E-state index < -0.39 is 23.4 Å². The smallest absolute Gasteiger partial charge is 0.255 e. The number of hydrogen-bond donors (Lipinski definition) is 3. The van der Waals surface area contributed by atoms with Gasteiger partial charge >= 0.3 is 0 Å². The van der Waals surface area contributed by atoms with Gasteiger partial charge in [0, 0.05) is 24.5 Å². The highest BCUT2D eigenvalue weighted by Crippen LogP contribution is 2.26. The lowest BCUT2D eigenvalue weighted by Gasteiger charge is -2.23. The zero-order chi connectivity index (χ0) is 24.9. The topological polar surface area (TPSA) is 95.7 Å². The van der Waals surface area contributed by atoms with Gasteiger partial charge in [0.1, 0.15) is 22.7 Å². The van der Waals surface area contributed by atoms with Crippen molar-refractivity contribution in [3.05, 3.63) is 53.2 Å². The summed E-state index contributed by atoms with van der Waals surface area (Å²) < 4.78 is 42.1. The number of nitrogens with zero attached hydrogens (tertiary/aromatic N) is 3. The van der Waals surface area contributed by atoms with Gasteiger partial charge in [-0.25, -0.2) is 22.7 Å². The van der Waals surface area contributed by atoms with Gasteiger partial charge in [-0.2, -0.15) is 0 Å². The lowest BCUT2D eigenvalue weighted by Crippen LogP contribution is -2.44. The Labute approximate surface area is 195 Å². The van der Waals surface area contributed by atoms with Crippen LogP contribution >= 0.6 is 12.3 Å². The molecule has 0 aliphatic rings. The molecule has 33 heavy (non-hydrogen) atoms. The number of fused-ring (bicyclic) bond motifs is 1. The Morgan fingerprint density at radius 2 is 1.94 bits per heavy atom. The van der Waals surface area contributed by atoms with Gasteiger partial charge in [-0.05, 0) is 39.0 Å². The molecule has 2 heterocycles. The summed E-state index contributed by atoms with van der Waals surface area (Å²) in [5, 5.41) is 13.8. The van der Waals surface area contributed by atoms with Crippen molar-refractivity contribution in [3.8, 4) is 0 Å². The summed E-state index contributed by atoms with van der Waals surface area (Å²) >= 11 is -0.166. The van der Waals surface area contributed by atoms with Gasteiger partial charge in [0.15, 0.2) is 18.0 Å². The fourth-order valence-electron chi connectivity index (χ4n) is 2.83. The molecule has 0 unspecified atom stereocenters. The van der Waals surface area contributed by atoms with Crippen LogP contribution in [0.1, 0.15) is 56.2 Å². The largest absolute Gasteiger partial charge is 0.387 e. The summed E-state index contributed by atoms with van der Waals surface area (Å²) in [4.78, 5) is 21.2. The van der Waals surface area contributed by atoms with E-state index in [9.17, 15) is 17.5 Å². The highest BCUT2D eigenvalue weighted by atomic mass is 32.2. The Morgan fingerprint density at radius 3 is 2.52 bits per heavy atom. The van der Waals surface area contributed by atoms with Gasteiger partial charge in [0.05, 0.1) is 23.5 Å². The molecule has 0 bridgehead atoms. The van der Waals surface area contributed by atoms with E-state index in [0.717, 1.165) is 3.97 Å². The van der Waals surface area contributed by atoms with Crippen LogP contribution in [-0.2, 0) is 0 Å². The van der Waals surface area contributed by atoms with Crippen LogP contribution in [0.2, 0.25) is 0 Å². The third-order valence-corrected chi connectivity index (χ3v) is 5.36. The van der Waals surface area contributed by atoms with Crippen molar-refractivity contribution >= 4 is 40.8 Å². The Bertz CT molecular complexity index is 1160. The Balaban J connectivity index is 0.00000187. The summed E-state index contributed by atoms with van der Waals surface area (Å²) in [6.45, 7) is 8.18. The van der Waals surface area contributed by atoms with Crippen molar-refractivity contribution in [1.29, 1.82) is 5.41 Å². The minimum absolute atomic E-state index is 0.00801. The second-order valence-corrected chi connectivity index (χ2v) is 7.97. The number of rotatable bonds is 7.